The Morgan fingerprint density at radius 2 is 1.95 bits per heavy atom. The van der Waals surface area contributed by atoms with E-state index < -0.39 is 0 Å². The lowest BCUT2D eigenvalue weighted by atomic mass is 10.1. The first kappa shape index (κ1) is 15.7. The number of rotatable bonds is 5. The Kier molecular flexibility index (Phi) is 5.53. The molecule has 0 heterocycles. The number of benzene rings is 2. The van der Waals surface area contributed by atoms with Crippen LogP contribution in [-0.4, -0.2) is 12.5 Å². The van der Waals surface area contributed by atoms with Gasteiger partial charge >= 0.3 is 0 Å². The number of hydrogen-bond acceptors (Lipinski definition) is 1. The highest BCUT2D eigenvalue weighted by molar-refractivity contribution is 9.10. The minimum absolute atomic E-state index is 0.0169. The van der Waals surface area contributed by atoms with Crippen LogP contribution in [0, 0.1) is 6.92 Å². The van der Waals surface area contributed by atoms with Crippen LogP contribution in [0.5, 0.6) is 0 Å². The third-order valence-electron chi connectivity index (χ3n) is 3.44. The molecule has 4 heteroatoms. The van der Waals surface area contributed by atoms with E-state index in [4.69, 9.17) is 0 Å². The summed E-state index contributed by atoms with van der Waals surface area (Å²) in [5.74, 6) is 0.0169. The topological polar surface area (TPSA) is 45.7 Å². The van der Waals surface area contributed by atoms with E-state index in [-0.39, 0.29) is 11.9 Å². The van der Waals surface area contributed by atoms with Gasteiger partial charge in [-0.2, -0.15) is 0 Å². The number of anilines is 1. The molecule has 1 amide bonds. The number of nitrogens with one attached hydrogen (secondary N) is 1. The minimum atomic E-state index is 0.0169. The summed E-state index contributed by atoms with van der Waals surface area (Å²) in [6.45, 7) is 4.50. The first-order valence-corrected chi connectivity index (χ1v) is 7.80. The van der Waals surface area contributed by atoms with Crippen LogP contribution in [0.2, 0.25) is 0 Å². The summed E-state index contributed by atoms with van der Waals surface area (Å²) in [6.07, 6.45) is 0. The Morgan fingerprint density at radius 3 is 2.62 bits per heavy atom. The lowest BCUT2D eigenvalue weighted by Crippen LogP contribution is -2.86. The summed E-state index contributed by atoms with van der Waals surface area (Å²) in [5.41, 5.74) is 3.14. The normalized spacial score (nSPS) is 12.0. The first-order valence-electron chi connectivity index (χ1n) is 7.00. The van der Waals surface area contributed by atoms with E-state index in [1.54, 1.807) is 0 Å². The second kappa shape index (κ2) is 7.38. The van der Waals surface area contributed by atoms with E-state index >= 15 is 0 Å². The zero-order valence-electron chi connectivity index (χ0n) is 12.3. The fourth-order valence-corrected chi connectivity index (χ4v) is 2.62. The van der Waals surface area contributed by atoms with Gasteiger partial charge < -0.3 is 10.6 Å². The standard InChI is InChI=1S/C17H19BrN2O/c1-12-10-15(18)8-9-16(12)20-17(21)11-19-13(2)14-6-4-3-5-7-14/h3-10,13,19H,11H2,1-2H3,(H,20,21)/p+1/t13-/m0/s1. The number of carbonyl (C=O) groups excluding carboxylic acids is 1. The van der Waals surface area contributed by atoms with Gasteiger partial charge in [0.25, 0.3) is 5.91 Å². The Hall–Kier alpha value is -1.65. The molecule has 0 aromatic heterocycles. The summed E-state index contributed by atoms with van der Waals surface area (Å²) in [6, 6.07) is 16.3. The van der Waals surface area contributed by atoms with Gasteiger partial charge in [0.15, 0.2) is 6.54 Å². The van der Waals surface area contributed by atoms with Crippen LogP contribution < -0.4 is 10.6 Å². The van der Waals surface area contributed by atoms with Crippen molar-refractivity contribution in [2.45, 2.75) is 19.9 Å². The van der Waals surface area contributed by atoms with Crippen molar-refractivity contribution < 1.29 is 10.1 Å². The maximum Gasteiger partial charge on any atom is 0.279 e. The van der Waals surface area contributed by atoms with E-state index in [0.29, 0.717) is 6.54 Å². The fraction of sp³-hybridized carbons (Fsp3) is 0.235. The molecule has 1 atom stereocenters. The molecular formula is C17H20BrN2O+. The van der Waals surface area contributed by atoms with Crippen molar-refractivity contribution in [1.29, 1.82) is 0 Å². The Morgan fingerprint density at radius 1 is 1.24 bits per heavy atom. The van der Waals surface area contributed by atoms with E-state index in [1.807, 2.05) is 48.6 Å². The highest BCUT2D eigenvalue weighted by Crippen LogP contribution is 2.19. The van der Waals surface area contributed by atoms with Crippen LogP contribution in [0.15, 0.2) is 53.0 Å². The molecule has 0 spiro atoms. The summed E-state index contributed by atoms with van der Waals surface area (Å²) in [4.78, 5) is 12.0. The SMILES string of the molecule is Cc1cc(Br)ccc1NC(=O)C[NH2+][C@@H](C)c1ccccc1. The zero-order valence-corrected chi connectivity index (χ0v) is 13.9. The highest BCUT2D eigenvalue weighted by Gasteiger charge is 2.11. The number of carbonyl (C=O) groups is 1. The maximum absolute atomic E-state index is 12.0. The number of nitrogens with two attached hydrogens (primary N) is 1. The zero-order chi connectivity index (χ0) is 15.2. The highest BCUT2D eigenvalue weighted by atomic mass is 79.9. The lowest BCUT2D eigenvalue weighted by molar-refractivity contribution is -0.682. The quantitative estimate of drug-likeness (QED) is 0.857. The molecule has 0 aliphatic carbocycles. The van der Waals surface area contributed by atoms with Crippen molar-refractivity contribution in [2.75, 3.05) is 11.9 Å². The predicted molar refractivity (Wildman–Crippen MR) is 89.2 cm³/mol. The summed E-state index contributed by atoms with van der Waals surface area (Å²) >= 11 is 3.42. The number of quaternary nitrogens is 1. The van der Waals surface area contributed by atoms with Crippen molar-refractivity contribution in [1.82, 2.24) is 0 Å². The molecule has 0 aliphatic heterocycles. The molecule has 2 aromatic carbocycles. The number of halogens is 1. The van der Waals surface area contributed by atoms with Crippen LogP contribution in [-0.2, 0) is 4.79 Å². The number of aryl methyl sites for hydroxylation is 1. The predicted octanol–water partition coefficient (Wildman–Crippen LogP) is 3.02. The van der Waals surface area contributed by atoms with Gasteiger partial charge in [-0.05, 0) is 37.6 Å². The Bertz CT molecular complexity index is 613. The van der Waals surface area contributed by atoms with E-state index in [9.17, 15) is 4.79 Å². The van der Waals surface area contributed by atoms with Crippen molar-refractivity contribution in [2.24, 2.45) is 0 Å². The molecular weight excluding hydrogens is 328 g/mol. The average molecular weight is 348 g/mol. The lowest BCUT2D eigenvalue weighted by Gasteiger charge is -2.12. The monoisotopic (exact) mass is 347 g/mol. The van der Waals surface area contributed by atoms with Gasteiger partial charge in [0.05, 0.1) is 0 Å². The second-order valence-corrected chi connectivity index (χ2v) is 6.06. The second-order valence-electron chi connectivity index (χ2n) is 5.15. The molecule has 0 aliphatic rings. The molecule has 3 nitrogen and oxygen atoms in total. The fourth-order valence-electron chi connectivity index (χ4n) is 2.15. The molecule has 0 saturated heterocycles. The molecule has 3 N–H and O–H groups in total. The summed E-state index contributed by atoms with van der Waals surface area (Å²) in [7, 11) is 0. The van der Waals surface area contributed by atoms with Crippen molar-refractivity contribution >= 4 is 27.5 Å². The summed E-state index contributed by atoms with van der Waals surface area (Å²) < 4.78 is 1.02. The van der Waals surface area contributed by atoms with Crippen molar-refractivity contribution in [3.63, 3.8) is 0 Å². The van der Waals surface area contributed by atoms with Gasteiger partial charge in [0.1, 0.15) is 6.04 Å². The molecule has 0 radical (unpaired) electrons. The molecule has 0 bridgehead atoms. The van der Waals surface area contributed by atoms with Gasteiger partial charge in [-0.15, -0.1) is 0 Å². The Balaban J connectivity index is 1.87. The van der Waals surface area contributed by atoms with Crippen LogP contribution in [0.3, 0.4) is 0 Å². The molecule has 2 rings (SSSR count). The summed E-state index contributed by atoms with van der Waals surface area (Å²) in [5, 5.41) is 4.99. The molecule has 21 heavy (non-hydrogen) atoms. The van der Waals surface area contributed by atoms with Gasteiger partial charge in [-0.1, -0.05) is 46.3 Å². The van der Waals surface area contributed by atoms with E-state index in [2.05, 4.69) is 40.3 Å². The average Bonchev–Trinajstić information content (AvgIpc) is 2.48. The number of hydrogen-bond donors (Lipinski definition) is 2. The van der Waals surface area contributed by atoms with Crippen molar-refractivity contribution in [3.05, 3.63) is 64.1 Å². The van der Waals surface area contributed by atoms with Gasteiger partial charge in [0, 0.05) is 15.7 Å². The third-order valence-corrected chi connectivity index (χ3v) is 3.94. The molecule has 0 saturated carbocycles. The maximum atomic E-state index is 12.0. The van der Waals surface area contributed by atoms with E-state index in [1.165, 1.54) is 5.56 Å². The third kappa shape index (κ3) is 4.69. The van der Waals surface area contributed by atoms with Crippen LogP contribution in [0.1, 0.15) is 24.1 Å². The number of amides is 1. The van der Waals surface area contributed by atoms with Gasteiger partial charge in [-0.25, -0.2) is 0 Å². The van der Waals surface area contributed by atoms with E-state index in [0.717, 1.165) is 15.7 Å². The molecule has 2 aromatic rings. The molecule has 110 valence electrons. The van der Waals surface area contributed by atoms with Gasteiger partial charge in [0.2, 0.25) is 0 Å². The minimum Gasteiger partial charge on any atom is -0.333 e. The van der Waals surface area contributed by atoms with Crippen molar-refractivity contribution in [3.8, 4) is 0 Å². The smallest absolute Gasteiger partial charge is 0.279 e. The van der Waals surface area contributed by atoms with Crippen LogP contribution >= 0.6 is 15.9 Å². The first-order chi connectivity index (χ1) is 10.1. The van der Waals surface area contributed by atoms with Crippen LogP contribution in [0.25, 0.3) is 0 Å². The molecule has 0 fully saturated rings. The Labute approximate surface area is 133 Å². The van der Waals surface area contributed by atoms with Gasteiger partial charge in [-0.3, -0.25) is 4.79 Å². The van der Waals surface area contributed by atoms with Crippen LogP contribution in [0.4, 0.5) is 5.69 Å². The largest absolute Gasteiger partial charge is 0.333 e. The molecule has 0 unspecified atom stereocenters.